The van der Waals surface area contributed by atoms with Gasteiger partial charge in [0, 0.05) is 10.9 Å². The highest BCUT2D eigenvalue weighted by molar-refractivity contribution is 6.32. The van der Waals surface area contributed by atoms with Gasteiger partial charge in [-0.1, -0.05) is 41.9 Å². The van der Waals surface area contributed by atoms with Crippen LogP contribution in [0.4, 0.5) is 0 Å². The fourth-order valence-corrected chi connectivity index (χ4v) is 2.02. The third-order valence-corrected chi connectivity index (χ3v) is 3.09. The van der Waals surface area contributed by atoms with Gasteiger partial charge in [0.2, 0.25) is 0 Å². The molecule has 4 heteroatoms. The van der Waals surface area contributed by atoms with E-state index in [-0.39, 0.29) is 11.3 Å². The van der Waals surface area contributed by atoms with Gasteiger partial charge in [0.15, 0.2) is 5.75 Å². The molecule has 0 unspecified atom stereocenters. The number of aromatic amines is 1. The minimum Gasteiger partial charge on any atom is -0.450 e. The van der Waals surface area contributed by atoms with E-state index in [1.807, 2.05) is 24.3 Å². The third-order valence-electron chi connectivity index (χ3n) is 2.78. The summed E-state index contributed by atoms with van der Waals surface area (Å²) in [6.07, 6.45) is 0. The highest BCUT2D eigenvalue weighted by Gasteiger charge is 2.07. The van der Waals surface area contributed by atoms with Crippen LogP contribution in [0.25, 0.3) is 10.9 Å². The van der Waals surface area contributed by atoms with Crippen molar-refractivity contribution >= 4 is 22.5 Å². The van der Waals surface area contributed by atoms with E-state index in [9.17, 15) is 4.79 Å². The molecular weight excluding hydrogens is 262 g/mol. The first-order valence-electron chi connectivity index (χ1n) is 5.78. The fourth-order valence-electron chi connectivity index (χ4n) is 1.85. The lowest BCUT2D eigenvalue weighted by Gasteiger charge is -2.07. The minimum absolute atomic E-state index is 0.229. The maximum absolute atomic E-state index is 11.9. The van der Waals surface area contributed by atoms with Crippen molar-refractivity contribution in [3.63, 3.8) is 0 Å². The number of rotatable bonds is 2. The van der Waals surface area contributed by atoms with Crippen molar-refractivity contribution in [2.45, 2.75) is 0 Å². The second kappa shape index (κ2) is 4.78. The van der Waals surface area contributed by atoms with E-state index in [4.69, 9.17) is 16.3 Å². The van der Waals surface area contributed by atoms with E-state index >= 15 is 0 Å². The van der Waals surface area contributed by atoms with Gasteiger partial charge >= 0.3 is 0 Å². The number of pyridine rings is 1. The summed E-state index contributed by atoms with van der Waals surface area (Å²) in [4.78, 5) is 14.7. The summed E-state index contributed by atoms with van der Waals surface area (Å²) in [5.41, 5.74) is 0.498. The molecule has 2 aromatic carbocycles. The van der Waals surface area contributed by atoms with Crippen molar-refractivity contribution in [3.8, 4) is 11.5 Å². The topological polar surface area (TPSA) is 42.1 Å². The smallest absolute Gasteiger partial charge is 0.291 e. The molecule has 0 spiro atoms. The summed E-state index contributed by atoms with van der Waals surface area (Å²) in [6, 6.07) is 16.3. The average Bonchev–Trinajstić information content (AvgIpc) is 2.42. The first-order valence-corrected chi connectivity index (χ1v) is 6.16. The van der Waals surface area contributed by atoms with Gasteiger partial charge in [-0.05, 0) is 24.3 Å². The fraction of sp³-hybridized carbons (Fsp3) is 0. The maximum Gasteiger partial charge on any atom is 0.291 e. The normalized spacial score (nSPS) is 10.6. The molecule has 0 aliphatic rings. The molecule has 0 saturated heterocycles. The van der Waals surface area contributed by atoms with Crippen molar-refractivity contribution in [1.82, 2.24) is 4.98 Å². The lowest BCUT2D eigenvalue weighted by molar-refractivity contribution is 0.476. The Morgan fingerprint density at radius 1 is 0.947 bits per heavy atom. The van der Waals surface area contributed by atoms with Crippen LogP contribution < -0.4 is 10.3 Å². The lowest BCUT2D eigenvalue weighted by Crippen LogP contribution is -2.08. The number of fused-ring (bicyclic) bond motifs is 1. The van der Waals surface area contributed by atoms with Crippen molar-refractivity contribution < 1.29 is 4.74 Å². The summed E-state index contributed by atoms with van der Waals surface area (Å²) >= 11 is 6.01. The lowest BCUT2D eigenvalue weighted by atomic mass is 10.2. The largest absolute Gasteiger partial charge is 0.450 e. The molecule has 0 radical (unpaired) electrons. The summed E-state index contributed by atoms with van der Waals surface area (Å²) in [6.45, 7) is 0. The SMILES string of the molecule is O=c1[nH]c2ccccc2cc1Oc1ccccc1Cl. The van der Waals surface area contributed by atoms with Crippen LogP contribution in [-0.4, -0.2) is 4.98 Å². The number of hydrogen-bond donors (Lipinski definition) is 1. The highest BCUT2D eigenvalue weighted by atomic mass is 35.5. The van der Waals surface area contributed by atoms with Crippen LogP contribution >= 0.6 is 11.6 Å². The molecule has 19 heavy (non-hydrogen) atoms. The van der Waals surface area contributed by atoms with E-state index < -0.39 is 0 Å². The van der Waals surface area contributed by atoms with Crippen LogP contribution in [0, 0.1) is 0 Å². The Hall–Kier alpha value is -2.26. The van der Waals surface area contributed by atoms with Gasteiger partial charge in [-0.3, -0.25) is 4.79 Å². The Labute approximate surface area is 114 Å². The molecule has 3 nitrogen and oxygen atoms in total. The first kappa shape index (κ1) is 11.8. The zero-order valence-electron chi connectivity index (χ0n) is 9.89. The van der Waals surface area contributed by atoms with Gasteiger partial charge in [-0.2, -0.15) is 0 Å². The van der Waals surface area contributed by atoms with Gasteiger partial charge in [-0.25, -0.2) is 0 Å². The van der Waals surface area contributed by atoms with E-state index in [1.165, 1.54) is 0 Å². The molecule has 1 N–H and O–H groups in total. The first-order chi connectivity index (χ1) is 9.24. The molecule has 0 aliphatic heterocycles. The quantitative estimate of drug-likeness (QED) is 0.766. The monoisotopic (exact) mass is 271 g/mol. The standard InChI is InChI=1S/C15H10ClNO2/c16-11-6-2-4-8-13(11)19-14-9-10-5-1-3-7-12(10)17-15(14)18/h1-9H,(H,17,18). The summed E-state index contributed by atoms with van der Waals surface area (Å²) in [5.74, 6) is 0.691. The Morgan fingerprint density at radius 2 is 1.68 bits per heavy atom. The van der Waals surface area contributed by atoms with Gasteiger partial charge in [0.05, 0.1) is 5.02 Å². The molecule has 0 saturated carbocycles. The Balaban J connectivity index is 2.08. The van der Waals surface area contributed by atoms with E-state index in [0.717, 1.165) is 10.9 Å². The predicted octanol–water partition coefficient (Wildman–Crippen LogP) is 3.97. The van der Waals surface area contributed by atoms with Crippen LogP contribution in [0.3, 0.4) is 0 Å². The summed E-state index contributed by atoms with van der Waals surface area (Å²) in [7, 11) is 0. The van der Waals surface area contributed by atoms with Crippen LogP contribution in [0.5, 0.6) is 11.5 Å². The van der Waals surface area contributed by atoms with Gasteiger partial charge < -0.3 is 9.72 Å². The average molecular weight is 272 g/mol. The number of halogens is 1. The molecule has 0 fully saturated rings. The summed E-state index contributed by atoms with van der Waals surface area (Å²) in [5, 5.41) is 1.37. The second-order valence-corrected chi connectivity index (χ2v) is 4.49. The Kier molecular flexibility index (Phi) is 2.97. The van der Waals surface area contributed by atoms with Crippen molar-refractivity contribution in [1.29, 1.82) is 0 Å². The van der Waals surface area contributed by atoms with Crippen molar-refractivity contribution in [2.24, 2.45) is 0 Å². The molecule has 0 aliphatic carbocycles. The summed E-state index contributed by atoms with van der Waals surface area (Å²) < 4.78 is 5.57. The molecule has 0 bridgehead atoms. The minimum atomic E-state index is -0.279. The zero-order valence-corrected chi connectivity index (χ0v) is 10.6. The molecule has 0 amide bonds. The van der Waals surface area contributed by atoms with Crippen molar-refractivity contribution in [3.05, 3.63) is 70.0 Å². The van der Waals surface area contributed by atoms with Gasteiger partial charge in [0.25, 0.3) is 5.56 Å². The highest BCUT2D eigenvalue weighted by Crippen LogP contribution is 2.27. The Morgan fingerprint density at radius 3 is 2.53 bits per heavy atom. The van der Waals surface area contributed by atoms with Crippen LogP contribution in [0.2, 0.25) is 5.02 Å². The molecule has 1 heterocycles. The molecular formula is C15H10ClNO2. The zero-order chi connectivity index (χ0) is 13.2. The molecule has 94 valence electrons. The molecule has 3 aromatic rings. The van der Waals surface area contributed by atoms with Gasteiger partial charge in [-0.15, -0.1) is 0 Å². The van der Waals surface area contributed by atoms with Crippen LogP contribution in [-0.2, 0) is 0 Å². The third kappa shape index (κ3) is 2.33. The number of nitrogens with one attached hydrogen (secondary N) is 1. The van der Waals surface area contributed by atoms with Crippen LogP contribution in [0.1, 0.15) is 0 Å². The number of hydrogen-bond acceptors (Lipinski definition) is 2. The number of aromatic nitrogens is 1. The maximum atomic E-state index is 11.9. The van der Waals surface area contributed by atoms with E-state index in [2.05, 4.69) is 4.98 Å². The van der Waals surface area contributed by atoms with Crippen molar-refractivity contribution in [2.75, 3.05) is 0 Å². The number of para-hydroxylation sites is 2. The van der Waals surface area contributed by atoms with Gasteiger partial charge in [0.1, 0.15) is 5.75 Å². The molecule has 3 rings (SSSR count). The number of benzene rings is 2. The van der Waals surface area contributed by atoms with E-state index in [1.54, 1.807) is 30.3 Å². The number of H-pyrrole nitrogens is 1. The molecule has 1 aromatic heterocycles. The Bertz CT molecular complexity index is 795. The number of ether oxygens (including phenoxy) is 1. The van der Waals surface area contributed by atoms with Crippen LogP contribution in [0.15, 0.2) is 59.4 Å². The predicted molar refractivity (Wildman–Crippen MR) is 76.1 cm³/mol. The molecule has 0 atom stereocenters. The van der Waals surface area contributed by atoms with E-state index in [0.29, 0.717) is 10.8 Å². The second-order valence-electron chi connectivity index (χ2n) is 4.08.